The molecule has 0 radical (unpaired) electrons. The van der Waals surface area contributed by atoms with Crippen molar-refractivity contribution in [3.63, 3.8) is 0 Å². The number of halogens is 3. The van der Waals surface area contributed by atoms with Crippen molar-refractivity contribution in [1.29, 1.82) is 0 Å². The van der Waals surface area contributed by atoms with Gasteiger partial charge in [0.15, 0.2) is 0 Å². The predicted octanol–water partition coefficient (Wildman–Crippen LogP) is 3.02. The van der Waals surface area contributed by atoms with Gasteiger partial charge in [0.2, 0.25) is 0 Å². The normalized spacial score (nSPS) is 12.5. The van der Waals surface area contributed by atoms with Gasteiger partial charge >= 0.3 is 12.1 Å². The summed E-state index contributed by atoms with van der Waals surface area (Å²) >= 11 is 0. The lowest BCUT2D eigenvalue weighted by Crippen LogP contribution is -2.31. The number of aliphatic hydroxyl groups is 1. The molecule has 0 bridgehead atoms. The fourth-order valence-electron chi connectivity index (χ4n) is 2.30. The molecule has 0 saturated carbocycles. The number of rotatable bonds is 8. The first-order valence-electron chi connectivity index (χ1n) is 8.15. The van der Waals surface area contributed by atoms with Crippen molar-refractivity contribution < 1.29 is 32.5 Å². The Morgan fingerprint density at radius 3 is 2.52 bits per heavy atom. The molecule has 0 aliphatic rings. The van der Waals surface area contributed by atoms with E-state index in [1.807, 2.05) is 0 Å². The molecule has 0 spiro atoms. The van der Waals surface area contributed by atoms with Crippen LogP contribution in [0.15, 0.2) is 48.5 Å². The van der Waals surface area contributed by atoms with Gasteiger partial charge in [0.25, 0.3) is 0 Å². The Kier molecular flexibility index (Phi) is 7.20. The summed E-state index contributed by atoms with van der Waals surface area (Å²) in [4.78, 5) is 11.3. The molecule has 27 heavy (non-hydrogen) atoms. The topological polar surface area (TPSA) is 67.8 Å². The monoisotopic (exact) mass is 383 g/mol. The molecule has 0 aliphatic carbocycles. The van der Waals surface area contributed by atoms with Gasteiger partial charge in [-0.3, -0.25) is 0 Å². The highest BCUT2D eigenvalue weighted by atomic mass is 19.4. The highest BCUT2D eigenvalue weighted by Gasteiger charge is 2.30. The van der Waals surface area contributed by atoms with E-state index in [-0.39, 0.29) is 19.7 Å². The van der Waals surface area contributed by atoms with Gasteiger partial charge in [0.05, 0.1) is 18.2 Å². The number of carbonyl (C=O) groups excluding carboxylic acids is 1. The smallest absolute Gasteiger partial charge is 0.416 e. The summed E-state index contributed by atoms with van der Waals surface area (Å²) in [7, 11) is 1.29. The molecule has 146 valence electrons. The lowest BCUT2D eigenvalue weighted by atomic mass is 10.1. The molecule has 0 heterocycles. The number of hydrogen-bond donors (Lipinski definition) is 2. The zero-order valence-electron chi connectivity index (χ0n) is 14.6. The third kappa shape index (κ3) is 6.58. The van der Waals surface area contributed by atoms with Crippen LogP contribution in [-0.2, 0) is 17.5 Å². The van der Waals surface area contributed by atoms with Crippen LogP contribution in [0.25, 0.3) is 0 Å². The van der Waals surface area contributed by atoms with Gasteiger partial charge in [-0.2, -0.15) is 13.2 Å². The molecule has 2 rings (SSSR count). The second-order valence-electron chi connectivity index (χ2n) is 5.81. The van der Waals surface area contributed by atoms with Gasteiger partial charge in [-0.15, -0.1) is 0 Å². The number of nitrogens with one attached hydrogen (secondary N) is 1. The molecule has 8 heteroatoms. The van der Waals surface area contributed by atoms with Gasteiger partial charge in [-0.1, -0.05) is 18.2 Å². The minimum Gasteiger partial charge on any atom is -0.491 e. The zero-order chi connectivity index (χ0) is 19.9. The van der Waals surface area contributed by atoms with Crippen LogP contribution in [0.3, 0.4) is 0 Å². The van der Waals surface area contributed by atoms with Crippen molar-refractivity contribution in [3.8, 4) is 5.75 Å². The molecule has 0 aliphatic heterocycles. The summed E-state index contributed by atoms with van der Waals surface area (Å²) in [5, 5.41) is 12.8. The number of methoxy groups -OCH3 is 1. The SMILES string of the molecule is COC(=O)c1ccc(OC[C@H](O)CNCc2cccc(C(F)(F)F)c2)cc1. The van der Waals surface area contributed by atoms with E-state index in [0.29, 0.717) is 16.9 Å². The maximum atomic E-state index is 12.7. The first kappa shape index (κ1) is 20.7. The summed E-state index contributed by atoms with van der Waals surface area (Å²) < 4.78 is 48.0. The average molecular weight is 383 g/mol. The van der Waals surface area contributed by atoms with Crippen molar-refractivity contribution in [2.24, 2.45) is 0 Å². The summed E-state index contributed by atoms with van der Waals surface area (Å²) in [6.45, 7) is 0.332. The van der Waals surface area contributed by atoms with Crippen LogP contribution in [0.5, 0.6) is 5.75 Å². The Balaban J connectivity index is 1.75. The zero-order valence-corrected chi connectivity index (χ0v) is 14.6. The van der Waals surface area contributed by atoms with E-state index >= 15 is 0 Å². The Labute approximate surface area is 154 Å². The van der Waals surface area contributed by atoms with Gasteiger partial charge in [0.1, 0.15) is 18.5 Å². The van der Waals surface area contributed by atoms with Crippen LogP contribution in [0.1, 0.15) is 21.5 Å². The van der Waals surface area contributed by atoms with Crippen molar-refractivity contribution >= 4 is 5.97 Å². The van der Waals surface area contributed by atoms with Crippen molar-refractivity contribution in [2.45, 2.75) is 18.8 Å². The van der Waals surface area contributed by atoms with Crippen molar-refractivity contribution in [1.82, 2.24) is 5.32 Å². The standard InChI is InChI=1S/C19H20F3NO4/c1-26-18(25)14-5-7-17(8-6-14)27-12-16(24)11-23-10-13-3-2-4-15(9-13)19(20,21)22/h2-9,16,23-24H,10-12H2,1H3/t16-/m1/s1. The lowest BCUT2D eigenvalue weighted by molar-refractivity contribution is -0.137. The number of aliphatic hydroxyl groups excluding tert-OH is 1. The number of alkyl halides is 3. The molecule has 0 aromatic heterocycles. The van der Waals surface area contributed by atoms with E-state index < -0.39 is 23.8 Å². The van der Waals surface area contributed by atoms with Gasteiger partial charge in [-0.05, 0) is 35.9 Å². The van der Waals surface area contributed by atoms with Gasteiger partial charge in [0, 0.05) is 13.1 Å². The second-order valence-corrected chi connectivity index (χ2v) is 5.81. The van der Waals surface area contributed by atoms with Gasteiger partial charge < -0.3 is 19.9 Å². The number of benzene rings is 2. The minimum absolute atomic E-state index is 0.00678. The van der Waals surface area contributed by atoms with Crippen LogP contribution in [0.4, 0.5) is 13.2 Å². The third-order valence-corrected chi connectivity index (χ3v) is 3.68. The maximum Gasteiger partial charge on any atom is 0.416 e. The fraction of sp³-hybridized carbons (Fsp3) is 0.316. The van der Waals surface area contributed by atoms with Crippen LogP contribution in [0.2, 0.25) is 0 Å². The largest absolute Gasteiger partial charge is 0.491 e. The van der Waals surface area contributed by atoms with E-state index in [9.17, 15) is 23.1 Å². The van der Waals surface area contributed by atoms with Gasteiger partial charge in [-0.25, -0.2) is 4.79 Å². The first-order valence-corrected chi connectivity index (χ1v) is 8.15. The Morgan fingerprint density at radius 1 is 1.19 bits per heavy atom. The number of carbonyl (C=O) groups is 1. The molecule has 0 saturated heterocycles. The van der Waals surface area contributed by atoms with Crippen LogP contribution in [0, 0.1) is 0 Å². The molecule has 2 N–H and O–H groups in total. The predicted molar refractivity (Wildman–Crippen MR) is 92.4 cm³/mol. The average Bonchev–Trinajstić information content (AvgIpc) is 2.66. The summed E-state index contributed by atoms with van der Waals surface area (Å²) in [6.07, 6.45) is -5.23. The summed E-state index contributed by atoms with van der Waals surface area (Å²) in [5.74, 6) is 0.0139. The van der Waals surface area contributed by atoms with Crippen LogP contribution < -0.4 is 10.1 Å². The highest BCUT2D eigenvalue weighted by molar-refractivity contribution is 5.89. The Morgan fingerprint density at radius 2 is 1.89 bits per heavy atom. The molecular weight excluding hydrogens is 363 g/mol. The third-order valence-electron chi connectivity index (χ3n) is 3.68. The maximum absolute atomic E-state index is 12.7. The highest BCUT2D eigenvalue weighted by Crippen LogP contribution is 2.29. The van der Waals surface area contributed by atoms with E-state index in [2.05, 4.69) is 10.1 Å². The van der Waals surface area contributed by atoms with E-state index in [1.165, 1.54) is 13.2 Å². The van der Waals surface area contributed by atoms with Crippen molar-refractivity contribution in [2.75, 3.05) is 20.3 Å². The van der Waals surface area contributed by atoms with Crippen molar-refractivity contribution in [3.05, 3.63) is 65.2 Å². The summed E-state index contributed by atoms with van der Waals surface area (Å²) in [5.41, 5.74) is 0.144. The molecule has 2 aromatic rings. The minimum atomic E-state index is -4.38. The number of ether oxygens (including phenoxy) is 2. The van der Waals surface area contributed by atoms with Crippen LogP contribution >= 0.6 is 0 Å². The number of hydrogen-bond acceptors (Lipinski definition) is 5. The molecule has 1 atom stereocenters. The first-order chi connectivity index (χ1) is 12.8. The van der Waals surface area contributed by atoms with Crippen LogP contribution in [-0.4, -0.2) is 37.4 Å². The molecule has 2 aromatic carbocycles. The molecule has 5 nitrogen and oxygen atoms in total. The fourth-order valence-corrected chi connectivity index (χ4v) is 2.30. The molecular formula is C19H20F3NO4. The van der Waals surface area contributed by atoms with E-state index in [0.717, 1.165) is 12.1 Å². The lowest BCUT2D eigenvalue weighted by Gasteiger charge is -2.14. The second kappa shape index (κ2) is 9.38. The Hall–Kier alpha value is -2.58. The molecule has 0 amide bonds. The molecule has 0 fully saturated rings. The molecule has 0 unspecified atom stereocenters. The van der Waals surface area contributed by atoms with E-state index in [4.69, 9.17) is 4.74 Å². The van der Waals surface area contributed by atoms with E-state index in [1.54, 1.807) is 30.3 Å². The summed E-state index contributed by atoms with van der Waals surface area (Å²) in [6, 6.07) is 11.2. The number of esters is 1. The quantitative estimate of drug-likeness (QED) is 0.686. The Bertz CT molecular complexity index is 747.